The zero-order chi connectivity index (χ0) is 39.7. The third-order valence-corrected chi connectivity index (χ3v) is 9.79. The molecule has 0 saturated carbocycles. The number of nitrogens with two attached hydrogens (primary N) is 1. The molecule has 1 aromatic heterocycles. The summed E-state index contributed by atoms with van der Waals surface area (Å²) in [5, 5.41) is 12.4. The molecule has 3 heterocycles. The van der Waals surface area contributed by atoms with Crippen LogP contribution in [-0.2, 0) is 59.3 Å². The van der Waals surface area contributed by atoms with Crippen LogP contribution >= 0.6 is 0 Å². The van der Waals surface area contributed by atoms with Crippen LogP contribution in [0.25, 0.3) is 0 Å². The molecule has 0 bridgehead atoms. The van der Waals surface area contributed by atoms with Crippen molar-refractivity contribution in [1.82, 2.24) is 26.0 Å². The van der Waals surface area contributed by atoms with Crippen molar-refractivity contribution in [2.24, 2.45) is 11.7 Å². The molecule has 2 fully saturated rings. The molecule has 0 aliphatic carbocycles. The van der Waals surface area contributed by atoms with E-state index in [1.54, 1.807) is 6.92 Å². The van der Waals surface area contributed by atoms with Crippen LogP contribution in [0.5, 0.6) is 0 Å². The summed E-state index contributed by atoms with van der Waals surface area (Å²) < 4.78 is 15.2. The van der Waals surface area contributed by atoms with Gasteiger partial charge in [0.15, 0.2) is 18.2 Å². The normalized spacial score (nSPS) is 20.7. The largest absolute Gasteiger partial charge is 0.441 e. The molecule has 5 N–H and O–H groups in total. The highest BCUT2D eigenvalue weighted by Gasteiger charge is 2.51. The Kier molecular flexibility index (Phi) is 13.4. The smallest absolute Gasteiger partial charge is 0.404 e. The van der Waals surface area contributed by atoms with E-state index in [0.29, 0.717) is 12.8 Å². The number of nitrogens with one attached hydrogen (secondary N) is 3. The summed E-state index contributed by atoms with van der Waals surface area (Å²) in [6, 6.07) is 16.0. The zero-order valence-electron chi connectivity index (χ0n) is 31.6. The number of ketones is 1. The molecule has 0 radical (unpaired) electrons. The first-order valence-corrected chi connectivity index (χ1v) is 18.6. The molecule has 2 aliphatic rings. The molecule has 15 heteroatoms. The van der Waals surface area contributed by atoms with E-state index < -0.39 is 65.5 Å². The number of Topliss-reactive ketones (excluding diaryl/α,β-unsaturated/α-hetero) is 1. The topological polar surface area (TPSA) is 216 Å². The second kappa shape index (κ2) is 18.2. The van der Waals surface area contributed by atoms with E-state index >= 15 is 0 Å². The third kappa shape index (κ3) is 11.2. The number of hydrogen-bond acceptors (Lipinski definition) is 10. The Labute approximate surface area is 320 Å². The maximum Gasteiger partial charge on any atom is 0.404 e. The van der Waals surface area contributed by atoms with Gasteiger partial charge in [-0.15, -0.1) is 0 Å². The SMILES string of the molecule is CC(C)C[C@H](NC(=O)[C@H](Cc1ccccc1)N1C(=O)[C@@H](NC(=O)[C@H](CCc2ccccc2)NC(=O)Cc2cc(COC(N)=O)on2)CC1C)C(=O)C1(C)CO1. The molecule has 2 aromatic carbocycles. The number of rotatable bonds is 19. The van der Waals surface area contributed by atoms with Crippen LogP contribution in [0.4, 0.5) is 4.79 Å². The van der Waals surface area contributed by atoms with Crippen LogP contribution in [0.15, 0.2) is 71.3 Å². The maximum atomic E-state index is 14.2. The number of benzene rings is 2. The van der Waals surface area contributed by atoms with Crippen LogP contribution in [-0.4, -0.2) is 88.0 Å². The molecule has 3 aromatic rings. The van der Waals surface area contributed by atoms with Gasteiger partial charge in [0.1, 0.15) is 23.7 Å². The zero-order valence-corrected chi connectivity index (χ0v) is 31.6. The summed E-state index contributed by atoms with van der Waals surface area (Å²) in [6.45, 7) is 7.49. The minimum Gasteiger partial charge on any atom is -0.441 e. The fraction of sp³-hybridized carbons (Fsp3) is 0.475. The predicted molar refractivity (Wildman–Crippen MR) is 199 cm³/mol. The molecular formula is C40H50N6O9. The first-order valence-electron chi connectivity index (χ1n) is 18.6. The lowest BCUT2D eigenvalue weighted by atomic mass is 9.92. The van der Waals surface area contributed by atoms with Crippen LogP contribution in [0, 0.1) is 5.92 Å². The van der Waals surface area contributed by atoms with Crippen molar-refractivity contribution in [3.05, 3.63) is 89.3 Å². The lowest BCUT2D eigenvalue weighted by Gasteiger charge is -2.33. The second-order valence-corrected chi connectivity index (χ2v) is 14.9. The molecule has 15 nitrogen and oxygen atoms in total. The number of hydrogen-bond donors (Lipinski definition) is 4. The Morgan fingerprint density at radius 3 is 2.25 bits per heavy atom. The van der Waals surface area contributed by atoms with Gasteiger partial charge in [0.25, 0.3) is 0 Å². The predicted octanol–water partition coefficient (Wildman–Crippen LogP) is 2.54. The van der Waals surface area contributed by atoms with Crippen molar-refractivity contribution in [2.45, 2.75) is 109 Å². The number of ether oxygens (including phenoxy) is 2. The van der Waals surface area contributed by atoms with Crippen molar-refractivity contribution in [2.75, 3.05) is 6.61 Å². The Morgan fingerprint density at radius 1 is 0.982 bits per heavy atom. The average molecular weight is 759 g/mol. The van der Waals surface area contributed by atoms with E-state index in [1.165, 1.54) is 11.0 Å². The van der Waals surface area contributed by atoms with E-state index in [0.717, 1.165) is 11.1 Å². The Balaban J connectivity index is 1.31. The van der Waals surface area contributed by atoms with Gasteiger partial charge < -0.3 is 40.6 Å². The monoisotopic (exact) mass is 758 g/mol. The summed E-state index contributed by atoms with van der Waals surface area (Å²) in [5.74, 6) is -1.91. The van der Waals surface area contributed by atoms with Crippen molar-refractivity contribution in [3.63, 3.8) is 0 Å². The molecule has 55 heavy (non-hydrogen) atoms. The van der Waals surface area contributed by atoms with Gasteiger partial charge in [-0.05, 0) is 56.6 Å². The van der Waals surface area contributed by atoms with E-state index in [-0.39, 0.29) is 62.1 Å². The lowest BCUT2D eigenvalue weighted by molar-refractivity contribution is -0.142. The van der Waals surface area contributed by atoms with Gasteiger partial charge in [0, 0.05) is 18.5 Å². The van der Waals surface area contributed by atoms with Gasteiger partial charge in [-0.2, -0.15) is 0 Å². The molecule has 294 valence electrons. The molecule has 0 spiro atoms. The summed E-state index contributed by atoms with van der Waals surface area (Å²) in [5.41, 5.74) is 6.07. The van der Waals surface area contributed by atoms with Crippen LogP contribution in [0.2, 0.25) is 0 Å². The summed E-state index contributed by atoms with van der Waals surface area (Å²) in [6.07, 6.45) is 0.276. The molecule has 5 rings (SSSR count). The number of likely N-dealkylation sites (tertiary alicyclic amines) is 1. The summed E-state index contributed by atoms with van der Waals surface area (Å²) in [4.78, 5) is 81.4. The van der Waals surface area contributed by atoms with Gasteiger partial charge >= 0.3 is 6.09 Å². The first-order chi connectivity index (χ1) is 26.2. The van der Waals surface area contributed by atoms with Gasteiger partial charge in [0.2, 0.25) is 23.6 Å². The Bertz CT molecular complexity index is 1830. The minimum absolute atomic E-state index is 0.0998. The van der Waals surface area contributed by atoms with E-state index in [9.17, 15) is 28.8 Å². The number of epoxide rings is 1. The molecule has 2 unspecified atom stereocenters. The number of carbonyl (C=O) groups is 6. The van der Waals surface area contributed by atoms with Crippen LogP contribution in [0.1, 0.15) is 69.5 Å². The van der Waals surface area contributed by atoms with Crippen molar-refractivity contribution in [1.29, 1.82) is 0 Å². The standard InChI is InChI=1S/C40H50N6O9/c1-24(2)17-31(35(48)40(4)23-54-40)43-37(50)33(19-27-13-9-6-10-14-27)46-25(3)18-32(38(46)51)44-36(49)30(16-15-26-11-7-5-8-12-26)42-34(47)21-28-20-29(55-45-28)22-53-39(41)52/h5-14,20,24-25,30-33H,15-19,21-23H2,1-4H3,(H2,41,52)(H,42,47)(H,43,50)(H,44,49)/t25?,30-,31-,32-,33-,40?/m0/s1. The highest BCUT2D eigenvalue weighted by molar-refractivity contribution is 5.99. The van der Waals surface area contributed by atoms with Gasteiger partial charge in [0.05, 0.1) is 24.8 Å². The van der Waals surface area contributed by atoms with Gasteiger partial charge in [-0.3, -0.25) is 24.0 Å². The highest BCUT2D eigenvalue weighted by atomic mass is 16.6. The number of primary amides is 1. The van der Waals surface area contributed by atoms with Crippen molar-refractivity contribution in [3.8, 4) is 0 Å². The number of amides is 5. The molecule has 5 amide bonds. The van der Waals surface area contributed by atoms with E-state index in [2.05, 4.69) is 21.1 Å². The molecular weight excluding hydrogens is 708 g/mol. The van der Waals surface area contributed by atoms with Crippen molar-refractivity contribution < 1.29 is 42.8 Å². The minimum atomic E-state index is -1.02. The fourth-order valence-electron chi connectivity index (χ4n) is 6.83. The van der Waals surface area contributed by atoms with Crippen LogP contribution in [0.3, 0.4) is 0 Å². The number of aromatic nitrogens is 1. The lowest BCUT2D eigenvalue weighted by Crippen LogP contribution is -2.57. The average Bonchev–Trinajstić information content (AvgIpc) is 3.64. The number of nitrogens with zero attached hydrogens (tertiary/aromatic N) is 2. The summed E-state index contributed by atoms with van der Waals surface area (Å²) >= 11 is 0. The Morgan fingerprint density at radius 2 is 1.64 bits per heavy atom. The Hall–Kier alpha value is -5.57. The molecule has 2 aliphatic heterocycles. The van der Waals surface area contributed by atoms with E-state index in [1.807, 2.05) is 81.4 Å². The van der Waals surface area contributed by atoms with Gasteiger partial charge in [-0.1, -0.05) is 79.7 Å². The second-order valence-electron chi connectivity index (χ2n) is 14.9. The summed E-state index contributed by atoms with van der Waals surface area (Å²) in [7, 11) is 0. The quantitative estimate of drug-likeness (QED) is 0.131. The first kappa shape index (κ1) is 40.6. The fourth-order valence-corrected chi connectivity index (χ4v) is 6.83. The van der Waals surface area contributed by atoms with Crippen LogP contribution < -0.4 is 21.7 Å². The van der Waals surface area contributed by atoms with E-state index in [4.69, 9.17) is 19.7 Å². The maximum absolute atomic E-state index is 14.2. The third-order valence-electron chi connectivity index (χ3n) is 9.79. The molecule has 2 saturated heterocycles. The highest BCUT2D eigenvalue weighted by Crippen LogP contribution is 2.30. The number of aryl methyl sites for hydroxylation is 1. The molecule has 6 atom stereocenters. The van der Waals surface area contributed by atoms with Crippen molar-refractivity contribution >= 4 is 35.5 Å². The number of carbonyl (C=O) groups excluding carboxylic acids is 6. The van der Waals surface area contributed by atoms with Gasteiger partial charge in [-0.25, -0.2) is 4.79 Å².